The molecular formula is C25H42O4. The molecule has 1 aliphatic rings. The maximum atomic E-state index is 12.7. The van der Waals surface area contributed by atoms with Gasteiger partial charge in [-0.2, -0.15) is 0 Å². The molecule has 0 aromatic heterocycles. The molecule has 3 atom stereocenters. The molecule has 4 nitrogen and oxygen atoms in total. The quantitative estimate of drug-likeness (QED) is 0.353. The Balaban J connectivity index is 2.88. The third-order valence-corrected chi connectivity index (χ3v) is 5.75. The van der Waals surface area contributed by atoms with Crippen LogP contribution < -0.4 is 0 Å². The molecule has 0 saturated carbocycles. The van der Waals surface area contributed by atoms with Gasteiger partial charge < -0.3 is 9.47 Å². The third-order valence-electron chi connectivity index (χ3n) is 5.75. The molecule has 29 heavy (non-hydrogen) atoms. The van der Waals surface area contributed by atoms with Crippen molar-refractivity contribution in [3.05, 3.63) is 23.3 Å². The average molecular weight is 407 g/mol. The van der Waals surface area contributed by atoms with E-state index in [1.54, 1.807) is 0 Å². The zero-order valence-electron chi connectivity index (χ0n) is 20.0. The van der Waals surface area contributed by atoms with Crippen molar-refractivity contribution in [3.63, 3.8) is 0 Å². The van der Waals surface area contributed by atoms with Crippen molar-refractivity contribution >= 4 is 11.9 Å². The van der Waals surface area contributed by atoms with Gasteiger partial charge in [-0.15, -0.1) is 0 Å². The van der Waals surface area contributed by atoms with E-state index in [-0.39, 0.29) is 29.6 Å². The first-order valence-electron chi connectivity index (χ1n) is 11.1. The summed E-state index contributed by atoms with van der Waals surface area (Å²) < 4.78 is 10.9. The number of hydrogen-bond acceptors (Lipinski definition) is 4. The van der Waals surface area contributed by atoms with Crippen LogP contribution in [0, 0.1) is 23.2 Å². The molecule has 1 rings (SSSR count). The molecular weight excluding hydrogens is 364 g/mol. The van der Waals surface area contributed by atoms with Gasteiger partial charge in [0.1, 0.15) is 0 Å². The number of hydrogen-bond donors (Lipinski definition) is 0. The zero-order valence-corrected chi connectivity index (χ0v) is 20.0. The second-order valence-corrected chi connectivity index (χ2v) is 10.0. The standard InChI is InChI=1S/C25H42O4/c1-16(2)28-23(26)21-14-13-20(15-22(21)24(27)29-17(3)4)18(5)11-10-12-19(6)25(7,8)9/h12-13,16-18,21-22H,10-11,14-15H2,1-9H3/b19-12+. The third kappa shape index (κ3) is 8.36. The lowest BCUT2D eigenvalue weighted by molar-refractivity contribution is -0.165. The summed E-state index contributed by atoms with van der Waals surface area (Å²) in [5, 5.41) is 0. The van der Waals surface area contributed by atoms with E-state index in [1.807, 2.05) is 27.7 Å². The van der Waals surface area contributed by atoms with E-state index in [0.717, 1.165) is 12.8 Å². The molecule has 0 aromatic rings. The van der Waals surface area contributed by atoms with Crippen molar-refractivity contribution < 1.29 is 19.1 Å². The lowest BCUT2D eigenvalue weighted by atomic mass is 9.75. The van der Waals surface area contributed by atoms with Gasteiger partial charge in [0.25, 0.3) is 0 Å². The highest BCUT2D eigenvalue weighted by Gasteiger charge is 2.39. The minimum Gasteiger partial charge on any atom is -0.463 e. The van der Waals surface area contributed by atoms with Gasteiger partial charge in [-0.1, -0.05) is 51.0 Å². The Bertz CT molecular complexity index is 619. The van der Waals surface area contributed by atoms with Gasteiger partial charge in [0.2, 0.25) is 0 Å². The van der Waals surface area contributed by atoms with Crippen LogP contribution in [0.3, 0.4) is 0 Å². The normalized spacial score (nSPS) is 21.8. The summed E-state index contributed by atoms with van der Waals surface area (Å²) in [5.74, 6) is -1.12. The van der Waals surface area contributed by atoms with E-state index in [0.29, 0.717) is 18.8 Å². The average Bonchev–Trinajstić information content (AvgIpc) is 2.58. The van der Waals surface area contributed by atoms with Crippen LogP contribution >= 0.6 is 0 Å². The Labute approximate surface area is 178 Å². The molecule has 4 heteroatoms. The van der Waals surface area contributed by atoms with Gasteiger partial charge in [0.15, 0.2) is 0 Å². The van der Waals surface area contributed by atoms with E-state index in [1.165, 1.54) is 11.1 Å². The Kier molecular flexibility index (Phi) is 9.64. The lowest BCUT2D eigenvalue weighted by Crippen LogP contribution is -2.37. The molecule has 0 N–H and O–H groups in total. The molecule has 0 radical (unpaired) electrons. The van der Waals surface area contributed by atoms with Gasteiger partial charge in [0, 0.05) is 0 Å². The van der Waals surface area contributed by atoms with Gasteiger partial charge >= 0.3 is 11.9 Å². The highest BCUT2D eigenvalue weighted by Crippen LogP contribution is 2.37. The second-order valence-electron chi connectivity index (χ2n) is 10.0. The predicted octanol–water partition coefficient (Wildman–Crippen LogP) is 6.25. The molecule has 0 fully saturated rings. The smallest absolute Gasteiger partial charge is 0.310 e. The Morgan fingerprint density at radius 1 is 1.03 bits per heavy atom. The minimum absolute atomic E-state index is 0.189. The first-order chi connectivity index (χ1) is 13.3. The molecule has 0 bridgehead atoms. The van der Waals surface area contributed by atoms with E-state index < -0.39 is 11.8 Å². The largest absolute Gasteiger partial charge is 0.463 e. The summed E-state index contributed by atoms with van der Waals surface area (Å²) in [6.07, 6.45) is 7.26. The molecule has 0 spiro atoms. The number of esters is 2. The van der Waals surface area contributed by atoms with Crippen molar-refractivity contribution in [1.82, 2.24) is 0 Å². The Hall–Kier alpha value is -1.58. The van der Waals surface area contributed by atoms with Crippen LogP contribution in [0.4, 0.5) is 0 Å². The Morgan fingerprint density at radius 3 is 2.03 bits per heavy atom. The second kappa shape index (κ2) is 11.0. The van der Waals surface area contributed by atoms with E-state index in [2.05, 4.69) is 46.8 Å². The summed E-state index contributed by atoms with van der Waals surface area (Å²) in [7, 11) is 0. The number of ether oxygens (including phenoxy) is 2. The molecule has 0 amide bonds. The van der Waals surface area contributed by atoms with Crippen molar-refractivity contribution in [2.45, 2.75) is 100 Å². The van der Waals surface area contributed by atoms with Crippen LogP contribution in [0.2, 0.25) is 0 Å². The lowest BCUT2D eigenvalue weighted by Gasteiger charge is -2.31. The van der Waals surface area contributed by atoms with Gasteiger partial charge in [0.05, 0.1) is 24.0 Å². The molecule has 0 aliphatic heterocycles. The zero-order chi connectivity index (χ0) is 22.4. The predicted molar refractivity (Wildman–Crippen MR) is 118 cm³/mol. The highest BCUT2D eigenvalue weighted by atomic mass is 16.6. The molecule has 0 aromatic carbocycles. The van der Waals surface area contributed by atoms with E-state index in [9.17, 15) is 9.59 Å². The molecule has 1 aliphatic carbocycles. The van der Waals surface area contributed by atoms with Gasteiger partial charge in [-0.05, 0) is 71.6 Å². The highest BCUT2D eigenvalue weighted by molar-refractivity contribution is 5.83. The maximum absolute atomic E-state index is 12.7. The van der Waals surface area contributed by atoms with Crippen molar-refractivity contribution in [2.75, 3.05) is 0 Å². The molecule has 0 heterocycles. The van der Waals surface area contributed by atoms with Crippen molar-refractivity contribution in [3.8, 4) is 0 Å². The SMILES string of the molecule is C/C(=C\CCC(C)C1=CCC(C(=O)OC(C)C)C(C(=O)OC(C)C)C1)C(C)(C)C. The molecule has 166 valence electrons. The van der Waals surface area contributed by atoms with E-state index in [4.69, 9.17) is 9.47 Å². The van der Waals surface area contributed by atoms with Gasteiger partial charge in [-0.25, -0.2) is 0 Å². The number of rotatable bonds is 8. The van der Waals surface area contributed by atoms with Crippen LogP contribution in [0.1, 0.15) is 88.0 Å². The fraction of sp³-hybridized carbons (Fsp3) is 0.760. The molecule has 0 saturated heterocycles. The maximum Gasteiger partial charge on any atom is 0.310 e. The van der Waals surface area contributed by atoms with Crippen molar-refractivity contribution in [2.24, 2.45) is 23.2 Å². The fourth-order valence-corrected chi connectivity index (χ4v) is 3.51. The summed E-state index contributed by atoms with van der Waals surface area (Å²) in [6.45, 7) is 18.4. The summed E-state index contributed by atoms with van der Waals surface area (Å²) in [6, 6.07) is 0. The van der Waals surface area contributed by atoms with Crippen LogP contribution in [0.25, 0.3) is 0 Å². The number of allylic oxidation sites excluding steroid dienone is 4. The number of carbonyl (C=O) groups is 2. The summed E-state index contributed by atoms with van der Waals surface area (Å²) in [5.41, 5.74) is 2.85. The first-order valence-corrected chi connectivity index (χ1v) is 11.1. The van der Waals surface area contributed by atoms with Crippen LogP contribution in [-0.4, -0.2) is 24.1 Å². The van der Waals surface area contributed by atoms with Crippen LogP contribution in [-0.2, 0) is 19.1 Å². The van der Waals surface area contributed by atoms with Gasteiger partial charge in [-0.3, -0.25) is 9.59 Å². The summed E-state index contributed by atoms with van der Waals surface area (Å²) in [4.78, 5) is 25.3. The minimum atomic E-state index is -0.460. The van der Waals surface area contributed by atoms with Crippen LogP contribution in [0.15, 0.2) is 23.3 Å². The van der Waals surface area contributed by atoms with Crippen molar-refractivity contribution in [1.29, 1.82) is 0 Å². The monoisotopic (exact) mass is 406 g/mol. The number of carbonyl (C=O) groups excluding carboxylic acids is 2. The summed E-state index contributed by atoms with van der Waals surface area (Å²) >= 11 is 0. The first kappa shape index (κ1) is 25.5. The van der Waals surface area contributed by atoms with E-state index >= 15 is 0 Å². The fourth-order valence-electron chi connectivity index (χ4n) is 3.51. The molecule has 3 unspecified atom stereocenters. The topological polar surface area (TPSA) is 52.6 Å². The Morgan fingerprint density at radius 2 is 1.55 bits per heavy atom. The van der Waals surface area contributed by atoms with Crippen LogP contribution in [0.5, 0.6) is 0 Å².